The largest absolute Gasteiger partial charge is 0.435 e. The minimum atomic E-state index is -4.61. The number of alkyl halides is 3. The van der Waals surface area contributed by atoms with Crippen molar-refractivity contribution in [1.82, 2.24) is 9.78 Å². The van der Waals surface area contributed by atoms with Crippen LogP contribution in [-0.2, 0) is 18.0 Å². The van der Waals surface area contributed by atoms with Gasteiger partial charge in [-0.2, -0.15) is 18.3 Å². The van der Waals surface area contributed by atoms with Crippen molar-refractivity contribution in [2.24, 2.45) is 7.05 Å². The van der Waals surface area contributed by atoms with Crippen molar-refractivity contribution in [3.8, 4) is 0 Å². The maximum atomic E-state index is 12.6. The Kier molecular flexibility index (Phi) is 4.39. The smallest absolute Gasteiger partial charge is 0.326 e. The van der Waals surface area contributed by atoms with E-state index in [1.165, 1.54) is 26.1 Å². The highest BCUT2D eigenvalue weighted by Gasteiger charge is 2.35. The zero-order valence-electron chi connectivity index (χ0n) is 12.2. The van der Waals surface area contributed by atoms with E-state index in [9.17, 15) is 22.8 Å². The molecule has 1 aromatic carbocycles. The van der Waals surface area contributed by atoms with E-state index in [-0.39, 0.29) is 11.6 Å². The number of amides is 2. The highest BCUT2D eigenvalue weighted by Crippen LogP contribution is 2.28. The second-order valence-electron chi connectivity index (χ2n) is 4.75. The van der Waals surface area contributed by atoms with Crippen LogP contribution in [0.1, 0.15) is 23.1 Å². The average molecular weight is 326 g/mol. The molecule has 2 aromatic rings. The molecule has 1 heterocycles. The molecule has 0 radical (unpaired) electrons. The number of anilines is 2. The third kappa shape index (κ3) is 4.09. The number of rotatable bonds is 3. The summed E-state index contributed by atoms with van der Waals surface area (Å²) in [6.07, 6.45) is -4.61. The first-order valence-electron chi connectivity index (χ1n) is 6.47. The first-order chi connectivity index (χ1) is 10.7. The number of carbonyl (C=O) groups excluding carboxylic acids is 2. The third-order valence-electron chi connectivity index (χ3n) is 2.87. The Labute approximate surface area is 129 Å². The third-order valence-corrected chi connectivity index (χ3v) is 2.87. The summed E-state index contributed by atoms with van der Waals surface area (Å²) in [5, 5.41) is 8.29. The molecule has 0 aliphatic heterocycles. The van der Waals surface area contributed by atoms with Crippen LogP contribution in [0.4, 0.5) is 24.5 Å². The predicted molar refractivity (Wildman–Crippen MR) is 76.9 cm³/mol. The highest BCUT2D eigenvalue weighted by molar-refractivity contribution is 6.03. The molecule has 0 aliphatic rings. The second kappa shape index (κ2) is 6.11. The van der Waals surface area contributed by atoms with Gasteiger partial charge in [-0.05, 0) is 24.3 Å². The number of halogens is 3. The van der Waals surface area contributed by atoms with Gasteiger partial charge in [0.05, 0.1) is 0 Å². The van der Waals surface area contributed by atoms with Gasteiger partial charge in [-0.3, -0.25) is 14.3 Å². The number of nitrogens with zero attached hydrogens (tertiary/aromatic N) is 2. The van der Waals surface area contributed by atoms with Crippen molar-refractivity contribution in [3.05, 3.63) is 41.7 Å². The Morgan fingerprint density at radius 1 is 1.09 bits per heavy atom. The lowest BCUT2D eigenvalue weighted by molar-refractivity contribution is -0.141. The van der Waals surface area contributed by atoms with Crippen molar-refractivity contribution in [1.29, 1.82) is 0 Å². The van der Waals surface area contributed by atoms with E-state index < -0.39 is 17.8 Å². The number of aryl methyl sites for hydroxylation is 1. The van der Waals surface area contributed by atoms with E-state index in [1.54, 1.807) is 12.1 Å². The van der Waals surface area contributed by atoms with Gasteiger partial charge in [0.1, 0.15) is 5.69 Å². The van der Waals surface area contributed by atoms with Crippen molar-refractivity contribution in [2.45, 2.75) is 13.1 Å². The van der Waals surface area contributed by atoms with E-state index in [2.05, 4.69) is 15.7 Å². The molecule has 0 saturated heterocycles. The van der Waals surface area contributed by atoms with E-state index in [4.69, 9.17) is 0 Å². The molecule has 2 amide bonds. The Balaban J connectivity index is 2.13. The molecule has 0 fully saturated rings. The Bertz CT molecular complexity index is 735. The fraction of sp³-hybridized carbons (Fsp3) is 0.214. The number of hydrogen-bond acceptors (Lipinski definition) is 3. The minimum absolute atomic E-state index is 0.219. The van der Waals surface area contributed by atoms with Gasteiger partial charge in [-0.25, -0.2) is 0 Å². The predicted octanol–water partition coefficient (Wildman–Crippen LogP) is 2.65. The van der Waals surface area contributed by atoms with E-state index >= 15 is 0 Å². The van der Waals surface area contributed by atoms with Crippen molar-refractivity contribution < 1.29 is 22.8 Å². The van der Waals surface area contributed by atoms with Crippen LogP contribution in [-0.4, -0.2) is 21.6 Å². The van der Waals surface area contributed by atoms with Gasteiger partial charge in [0.25, 0.3) is 5.91 Å². The highest BCUT2D eigenvalue weighted by atomic mass is 19.4. The Hall–Kier alpha value is -2.84. The van der Waals surface area contributed by atoms with E-state index in [1.807, 2.05) is 0 Å². The quantitative estimate of drug-likeness (QED) is 0.910. The number of carbonyl (C=O) groups is 2. The molecule has 1 aromatic heterocycles. The van der Waals surface area contributed by atoms with Gasteiger partial charge in [0.15, 0.2) is 5.69 Å². The van der Waals surface area contributed by atoms with Gasteiger partial charge in [0, 0.05) is 31.4 Å². The molecule has 0 aliphatic carbocycles. The molecule has 23 heavy (non-hydrogen) atoms. The van der Waals surface area contributed by atoms with Crippen molar-refractivity contribution in [2.75, 3.05) is 10.6 Å². The SMILES string of the molecule is CC(=O)Nc1ccc(NC(=O)c2cc(C(F)(F)F)nn2C)cc1. The molecule has 6 nitrogen and oxygen atoms in total. The second-order valence-corrected chi connectivity index (χ2v) is 4.75. The van der Waals surface area contributed by atoms with Crippen LogP contribution in [0.2, 0.25) is 0 Å². The minimum Gasteiger partial charge on any atom is -0.326 e. The summed E-state index contributed by atoms with van der Waals surface area (Å²) in [5.74, 6) is -0.959. The Morgan fingerprint density at radius 2 is 1.61 bits per heavy atom. The summed E-state index contributed by atoms with van der Waals surface area (Å²) >= 11 is 0. The van der Waals surface area contributed by atoms with Crippen molar-refractivity contribution >= 4 is 23.2 Å². The normalized spacial score (nSPS) is 11.2. The van der Waals surface area contributed by atoms with Crippen LogP contribution in [0.5, 0.6) is 0 Å². The lowest BCUT2D eigenvalue weighted by Crippen LogP contribution is -2.16. The lowest BCUT2D eigenvalue weighted by Gasteiger charge is -2.07. The Morgan fingerprint density at radius 3 is 2.04 bits per heavy atom. The van der Waals surface area contributed by atoms with Crippen LogP contribution in [0.25, 0.3) is 0 Å². The molecular weight excluding hydrogens is 313 g/mol. The molecule has 122 valence electrons. The topological polar surface area (TPSA) is 76.0 Å². The van der Waals surface area contributed by atoms with Crippen LogP contribution in [0.3, 0.4) is 0 Å². The molecular formula is C14H13F3N4O2. The molecule has 2 N–H and O–H groups in total. The maximum Gasteiger partial charge on any atom is 0.435 e. The van der Waals surface area contributed by atoms with Crippen LogP contribution >= 0.6 is 0 Å². The molecule has 0 bridgehead atoms. The number of hydrogen-bond donors (Lipinski definition) is 2. The first-order valence-corrected chi connectivity index (χ1v) is 6.47. The lowest BCUT2D eigenvalue weighted by atomic mass is 10.2. The molecule has 0 saturated carbocycles. The zero-order chi connectivity index (χ0) is 17.2. The molecule has 0 spiro atoms. The first kappa shape index (κ1) is 16.5. The van der Waals surface area contributed by atoms with Crippen LogP contribution in [0.15, 0.2) is 30.3 Å². The number of benzene rings is 1. The van der Waals surface area contributed by atoms with E-state index in [0.717, 1.165) is 4.68 Å². The van der Waals surface area contributed by atoms with Gasteiger partial charge in [0.2, 0.25) is 5.91 Å². The summed E-state index contributed by atoms with van der Waals surface area (Å²) in [5.41, 5.74) is -0.441. The summed E-state index contributed by atoms with van der Waals surface area (Å²) in [6.45, 7) is 1.36. The van der Waals surface area contributed by atoms with Crippen molar-refractivity contribution in [3.63, 3.8) is 0 Å². The monoisotopic (exact) mass is 326 g/mol. The van der Waals surface area contributed by atoms with Gasteiger partial charge < -0.3 is 10.6 Å². The zero-order valence-corrected chi connectivity index (χ0v) is 12.2. The number of nitrogens with one attached hydrogen (secondary N) is 2. The molecule has 0 unspecified atom stereocenters. The van der Waals surface area contributed by atoms with Crippen LogP contribution < -0.4 is 10.6 Å². The van der Waals surface area contributed by atoms with Gasteiger partial charge >= 0.3 is 6.18 Å². The fourth-order valence-electron chi connectivity index (χ4n) is 1.85. The van der Waals surface area contributed by atoms with E-state index in [0.29, 0.717) is 17.4 Å². The fourth-order valence-corrected chi connectivity index (χ4v) is 1.85. The summed E-state index contributed by atoms with van der Waals surface area (Å²) in [6, 6.07) is 6.83. The summed E-state index contributed by atoms with van der Waals surface area (Å²) in [4.78, 5) is 22.9. The van der Waals surface area contributed by atoms with Crippen LogP contribution in [0, 0.1) is 0 Å². The molecule has 0 atom stereocenters. The van der Waals surface area contributed by atoms with Gasteiger partial charge in [-0.15, -0.1) is 0 Å². The molecule has 2 rings (SSSR count). The average Bonchev–Trinajstić information content (AvgIpc) is 2.82. The van der Waals surface area contributed by atoms with Gasteiger partial charge in [-0.1, -0.05) is 0 Å². The standard InChI is InChI=1S/C14H13F3N4O2/c1-8(22)18-9-3-5-10(6-4-9)19-13(23)11-7-12(14(15,16)17)20-21(11)2/h3-7H,1-2H3,(H,18,22)(H,19,23). The number of aromatic nitrogens is 2. The summed E-state index contributed by atoms with van der Waals surface area (Å²) < 4.78 is 38.6. The maximum absolute atomic E-state index is 12.6. The summed E-state index contributed by atoms with van der Waals surface area (Å²) in [7, 11) is 1.25. The molecule has 9 heteroatoms.